The summed E-state index contributed by atoms with van der Waals surface area (Å²) in [5, 5.41) is 0. The second kappa shape index (κ2) is 5.46. The lowest BCUT2D eigenvalue weighted by molar-refractivity contribution is 0.498. The lowest BCUT2D eigenvalue weighted by atomic mass is 10.1. The molecule has 0 bridgehead atoms. The summed E-state index contributed by atoms with van der Waals surface area (Å²) in [6.45, 7) is 2.02. The van der Waals surface area contributed by atoms with Crippen molar-refractivity contribution in [3.05, 3.63) is 47.9 Å². The number of benzene rings is 1. The highest BCUT2D eigenvalue weighted by atomic mass is 32.2. The Balaban J connectivity index is 2.26. The molecular formula is C13H16N2O3S. The van der Waals surface area contributed by atoms with Gasteiger partial charge in [-0.3, -0.25) is 0 Å². The van der Waals surface area contributed by atoms with Crippen LogP contribution in [0.25, 0.3) is 0 Å². The third-order valence-corrected chi connectivity index (χ3v) is 4.26. The number of rotatable bonds is 5. The molecule has 0 radical (unpaired) electrons. The van der Waals surface area contributed by atoms with Gasteiger partial charge in [-0.05, 0) is 36.2 Å². The average Bonchev–Trinajstić information content (AvgIpc) is 2.89. The summed E-state index contributed by atoms with van der Waals surface area (Å²) in [5.41, 5.74) is 6.82. The van der Waals surface area contributed by atoms with E-state index in [2.05, 4.69) is 4.72 Å². The Kier molecular flexibility index (Phi) is 3.92. The Morgan fingerprint density at radius 2 is 2.11 bits per heavy atom. The molecule has 19 heavy (non-hydrogen) atoms. The summed E-state index contributed by atoms with van der Waals surface area (Å²) in [5.74, 6) is 0.561. The summed E-state index contributed by atoms with van der Waals surface area (Å²) in [7, 11) is -3.59. The fraction of sp³-hybridized carbons (Fsp3) is 0.231. The molecule has 0 spiro atoms. The van der Waals surface area contributed by atoms with E-state index in [1.54, 1.807) is 24.3 Å². The van der Waals surface area contributed by atoms with Crippen LogP contribution in [0, 0.1) is 0 Å². The van der Waals surface area contributed by atoms with Gasteiger partial charge in [-0.1, -0.05) is 13.0 Å². The normalized spacial score (nSPS) is 11.6. The van der Waals surface area contributed by atoms with Crippen LogP contribution in [0.15, 0.2) is 45.9 Å². The number of nitrogens with two attached hydrogens (primary N) is 1. The summed E-state index contributed by atoms with van der Waals surface area (Å²) < 4.78 is 32.1. The molecule has 0 aliphatic heterocycles. The topological polar surface area (TPSA) is 85.3 Å². The van der Waals surface area contributed by atoms with Crippen molar-refractivity contribution in [2.24, 2.45) is 0 Å². The van der Waals surface area contributed by atoms with E-state index in [4.69, 9.17) is 10.2 Å². The molecule has 0 atom stereocenters. The van der Waals surface area contributed by atoms with Crippen molar-refractivity contribution >= 4 is 15.7 Å². The Morgan fingerprint density at radius 3 is 2.74 bits per heavy atom. The molecule has 5 nitrogen and oxygen atoms in total. The van der Waals surface area contributed by atoms with Crippen LogP contribution < -0.4 is 10.5 Å². The Labute approximate surface area is 112 Å². The lowest BCUT2D eigenvalue weighted by Gasteiger charge is -2.10. The fourth-order valence-corrected chi connectivity index (χ4v) is 3.11. The maximum atomic E-state index is 12.3. The third kappa shape index (κ3) is 3.15. The van der Waals surface area contributed by atoms with E-state index in [9.17, 15) is 8.42 Å². The largest absolute Gasteiger partial charge is 0.468 e. The van der Waals surface area contributed by atoms with Gasteiger partial charge in [0, 0.05) is 5.69 Å². The molecule has 0 aliphatic carbocycles. The minimum atomic E-state index is -3.59. The van der Waals surface area contributed by atoms with Crippen molar-refractivity contribution in [1.82, 2.24) is 4.72 Å². The zero-order valence-corrected chi connectivity index (χ0v) is 11.4. The van der Waals surface area contributed by atoms with Crippen LogP contribution in [0.1, 0.15) is 18.2 Å². The molecule has 6 heteroatoms. The molecule has 0 unspecified atom stereocenters. The van der Waals surface area contributed by atoms with E-state index >= 15 is 0 Å². The molecule has 1 aromatic heterocycles. The molecule has 102 valence electrons. The Bertz CT molecular complexity index is 649. The zero-order chi connectivity index (χ0) is 13.9. The summed E-state index contributed by atoms with van der Waals surface area (Å²) >= 11 is 0. The molecule has 3 N–H and O–H groups in total. The first-order valence-corrected chi connectivity index (χ1v) is 7.41. The van der Waals surface area contributed by atoms with E-state index in [1.165, 1.54) is 12.3 Å². The van der Waals surface area contributed by atoms with Crippen LogP contribution in [-0.2, 0) is 23.0 Å². The maximum absolute atomic E-state index is 12.3. The zero-order valence-electron chi connectivity index (χ0n) is 10.6. The van der Waals surface area contributed by atoms with Gasteiger partial charge in [-0.25, -0.2) is 13.1 Å². The molecule has 2 rings (SSSR count). The summed E-state index contributed by atoms with van der Waals surface area (Å²) in [6.07, 6.45) is 2.12. The van der Waals surface area contributed by atoms with Gasteiger partial charge in [-0.15, -0.1) is 0 Å². The van der Waals surface area contributed by atoms with Crippen molar-refractivity contribution in [2.45, 2.75) is 24.8 Å². The molecule has 0 saturated heterocycles. The number of nitrogen functional groups attached to an aromatic ring is 1. The number of hydrogen-bond acceptors (Lipinski definition) is 4. The van der Waals surface area contributed by atoms with Crippen LogP contribution in [-0.4, -0.2) is 8.42 Å². The van der Waals surface area contributed by atoms with Gasteiger partial charge in [0.05, 0.1) is 17.7 Å². The molecular weight excluding hydrogens is 264 g/mol. The number of nitrogens with one attached hydrogen (secondary N) is 1. The van der Waals surface area contributed by atoms with Gasteiger partial charge in [0.25, 0.3) is 0 Å². The fourth-order valence-electron chi connectivity index (χ4n) is 1.77. The Hall–Kier alpha value is -1.79. The summed E-state index contributed by atoms with van der Waals surface area (Å²) in [6, 6.07) is 8.33. The first-order chi connectivity index (χ1) is 9.03. The highest BCUT2D eigenvalue weighted by Gasteiger charge is 2.18. The van der Waals surface area contributed by atoms with E-state index in [-0.39, 0.29) is 11.4 Å². The van der Waals surface area contributed by atoms with Crippen molar-refractivity contribution in [2.75, 3.05) is 5.73 Å². The number of hydrogen-bond donors (Lipinski definition) is 2. The van der Waals surface area contributed by atoms with E-state index in [1.807, 2.05) is 6.92 Å². The van der Waals surface area contributed by atoms with Gasteiger partial charge in [0.1, 0.15) is 5.76 Å². The van der Waals surface area contributed by atoms with Crippen LogP contribution in [0.5, 0.6) is 0 Å². The number of anilines is 1. The highest BCUT2D eigenvalue weighted by Crippen LogP contribution is 2.20. The monoisotopic (exact) mass is 280 g/mol. The minimum Gasteiger partial charge on any atom is -0.468 e. The third-order valence-electron chi connectivity index (χ3n) is 2.78. The second-order valence-electron chi connectivity index (χ2n) is 4.12. The number of furan rings is 1. The smallest absolute Gasteiger partial charge is 0.241 e. The molecule has 0 aliphatic rings. The van der Waals surface area contributed by atoms with Crippen molar-refractivity contribution in [3.8, 4) is 0 Å². The lowest BCUT2D eigenvalue weighted by Crippen LogP contribution is -2.24. The molecule has 2 aromatic rings. The van der Waals surface area contributed by atoms with Crippen LogP contribution in [0.4, 0.5) is 5.69 Å². The average molecular weight is 280 g/mol. The van der Waals surface area contributed by atoms with E-state index < -0.39 is 10.0 Å². The van der Waals surface area contributed by atoms with Crippen LogP contribution in [0.3, 0.4) is 0 Å². The predicted octanol–water partition coefficient (Wildman–Crippen LogP) is 1.90. The van der Waals surface area contributed by atoms with E-state index in [0.717, 1.165) is 5.56 Å². The first kappa shape index (κ1) is 13.6. The number of aryl methyl sites for hydroxylation is 1. The van der Waals surface area contributed by atoms with Crippen molar-refractivity contribution in [1.29, 1.82) is 0 Å². The quantitative estimate of drug-likeness (QED) is 0.819. The van der Waals surface area contributed by atoms with Gasteiger partial charge in [0.2, 0.25) is 10.0 Å². The summed E-state index contributed by atoms with van der Waals surface area (Å²) in [4.78, 5) is 0.224. The molecule has 0 fully saturated rings. The minimum absolute atomic E-state index is 0.118. The first-order valence-electron chi connectivity index (χ1n) is 5.93. The second-order valence-corrected chi connectivity index (χ2v) is 5.86. The molecule has 1 heterocycles. The van der Waals surface area contributed by atoms with Crippen LogP contribution >= 0.6 is 0 Å². The SMILES string of the molecule is CCc1ccc(N)cc1S(=O)(=O)NCc1ccco1. The van der Waals surface area contributed by atoms with Crippen molar-refractivity contribution < 1.29 is 12.8 Å². The highest BCUT2D eigenvalue weighted by molar-refractivity contribution is 7.89. The molecule has 1 aromatic carbocycles. The Morgan fingerprint density at radius 1 is 1.32 bits per heavy atom. The predicted molar refractivity (Wildman–Crippen MR) is 73.0 cm³/mol. The van der Waals surface area contributed by atoms with Gasteiger partial charge < -0.3 is 10.2 Å². The number of sulfonamides is 1. The van der Waals surface area contributed by atoms with Gasteiger partial charge >= 0.3 is 0 Å². The van der Waals surface area contributed by atoms with Gasteiger partial charge in [-0.2, -0.15) is 0 Å². The van der Waals surface area contributed by atoms with E-state index in [0.29, 0.717) is 17.9 Å². The maximum Gasteiger partial charge on any atom is 0.241 e. The standard InChI is InChI=1S/C13H16N2O3S/c1-2-10-5-6-11(14)8-13(10)19(16,17)15-9-12-4-3-7-18-12/h3-8,15H,2,9,14H2,1H3. The molecule has 0 saturated carbocycles. The molecule has 0 amide bonds. The van der Waals surface area contributed by atoms with Crippen LogP contribution in [0.2, 0.25) is 0 Å². The van der Waals surface area contributed by atoms with Gasteiger partial charge in [0.15, 0.2) is 0 Å². The van der Waals surface area contributed by atoms with Crippen molar-refractivity contribution in [3.63, 3.8) is 0 Å².